The van der Waals surface area contributed by atoms with Crippen LogP contribution in [0.1, 0.15) is 22.4 Å². The summed E-state index contributed by atoms with van der Waals surface area (Å²) in [5, 5.41) is 12.9. The molecule has 1 aromatic heterocycles. The fourth-order valence-corrected chi connectivity index (χ4v) is 3.99. The van der Waals surface area contributed by atoms with Crippen LogP contribution in [0.15, 0.2) is 17.3 Å². The van der Waals surface area contributed by atoms with Gasteiger partial charge in [-0.1, -0.05) is 17.8 Å². The predicted octanol–water partition coefficient (Wildman–Crippen LogP) is 2.42. The van der Waals surface area contributed by atoms with Crippen molar-refractivity contribution in [1.82, 2.24) is 9.55 Å². The van der Waals surface area contributed by atoms with Crippen molar-refractivity contribution < 1.29 is 9.53 Å². The molecule has 1 aromatic carbocycles. The monoisotopic (exact) mass is 340 g/mol. The molecule has 1 amide bonds. The van der Waals surface area contributed by atoms with Crippen molar-refractivity contribution in [2.24, 2.45) is 0 Å². The van der Waals surface area contributed by atoms with Crippen molar-refractivity contribution in [2.75, 3.05) is 11.1 Å². The van der Waals surface area contributed by atoms with Gasteiger partial charge in [0, 0.05) is 18.7 Å². The Labute approximate surface area is 143 Å². The standard InChI is InChI=1S/C17H16N4O2S/c1-9-5-11-7-14(23-13(11)6-10(9)2)16(22)19-15-12(8-18)21-3-4-24-17(21)20-15/h5-6,14H,3-4,7H2,1-2H3,(H,19,22)/t14-/m1/s1. The largest absolute Gasteiger partial charge is 0.480 e. The Morgan fingerprint density at radius 1 is 1.46 bits per heavy atom. The summed E-state index contributed by atoms with van der Waals surface area (Å²) in [5.74, 6) is 1.74. The number of carbonyl (C=O) groups excluding carboxylic acids is 1. The molecule has 2 aliphatic heterocycles. The van der Waals surface area contributed by atoms with E-state index in [1.807, 2.05) is 24.5 Å². The lowest BCUT2D eigenvalue weighted by Gasteiger charge is -2.10. The molecule has 6 nitrogen and oxygen atoms in total. The lowest BCUT2D eigenvalue weighted by Crippen LogP contribution is -2.31. The Morgan fingerprint density at radius 2 is 2.25 bits per heavy atom. The smallest absolute Gasteiger partial charge is 0.267 e. The van der Waals surface area contributed by atoms with E-state index in [1.54, 1.807) is 11.8 Å². The number of carbonyl (C=O) groups is 1. The maximum Gasteiger partial charge on any atom is 0.267 e. The summed E-state index contributed by atoms with van der Waals surface area (Å²) in [6, 6.07) is 6.18. The number of aryl methyl sites for hydroxylation is 2. The summed E-state index contributed by atoms with van der Waals surface area (Å²) in [6.07, 6.45) is -0.0520. The highest BCUT2D eigenvalue weighted by atomic mass is 32.2. The number of benzene rings is 1. The highest BCUT2D eigenvalue weighted by molar-refractivity contribution is 7.99. The van der Waals surface area contributed by atoms with Crippen LogP contribution in [0, 0.1) is 25.2 Å². The van der Waals surface area contributed by atoms with Crippen LogP contribution in [-0.4, -0.2) is 27.3 Å². The van der Waals surface area contributed by atoms with Crippen LogP contribution in [-0.2, 0) is 17.8 Å². The van der Waals surface area contributed by atoms with Crippen molar-refractivity contribution in [3.05, 3.63) is 34.5 Å². The SMILES string of the molecule is Cc1cc2c(cc1C)O[C@@H](C(=O)Nc1nc3n(c1C#N)CCS3)C2. The number of hydrogen-bond acceptors (Lipinski definition) is 5. The van der Waals surface area contributed by atoms with E-state index < -0.39 is 6.10 Å². The van der Waals surface area contributed by atoms with E-state index in [0.29, 0.717) is 17.9 Å². The van der Waals surface area contributed by atoms with Gasteiger partial charge in [-0.3, -0.25) is 4.79 Å². The van der Waals surface area contributed by atoms with E-state index in [4.69, 9.17) is 4.74 Å². The van der Waals surface area contributed by atoms with Crippen LogP contribution in [0.2, 0.25) is 0 Å². The number of nitriles is 1. The molecule has 2 aromatic rings. The first-order valence-corrected chi connectivity index (χ1v) is 8.76. The summed E-state index contributed by atoms with van der Waals surface area (Å²) in [7, 11) is 0. The van der Waals surface area contributed by atoms with E-state index >= 15 is 0 Å². The lowest BCUT2D eigenvalue weighted by atomic mass is 10.0. The van der Waals surface area contributed by atoms with Gasteiger partial charge >= 0.3 is 0 Å². The van der Waals surface area contributed by atoms with Gasteiger partial charge in [0.25, 0.3) is 5.91 Å². The lowest BCUT2D eigenvalue weighted by molar-refractivity contribution is -0.122. The minimum absolute atomic E-state index is 0.264. The molecule has 0 saturated carbocycles. The molecular formula is C17H16N4O2S. The van der Waals surface area contributed by atoms with E-state index in [0.717, 1.165) is 34.3 Å². The van der Waals surface area contributed by atoms with E-state index in [1.165, 1.54) is 5.56 Å². The van der Waals surface area contributed by atoms with Crippen LogP contribution in [0.4, 0.5) is 5.82 Å². The van der Waals surface area contributed by atoms with Crippen molar-refractivity contribution >= 4 is 23.5 Å². The van der Waals surface area contributed by atoms with Crippen molar-refractivity contribution in [3.8, 4) is 11.8 Å². The molecule has 122 valence electrons. The molecule has 0 fully saturated rings. The average molecular weight is 340 g/mol. The molecule has 3 heterocycles. The molecule has 1 N–H and O–H groups in total. The van der Waals surface area contributed by atoms with Gasteiger partial charge in [0.15, 0.2) is 22.8 Å². The molecule has 0 aliphatic carbocycles. The second-order valence-corrected chi connectivity index (χ2v) is 7.11. The average Bonchev–Trinajstić information content (AvgIpc) is 3.21. The Kier molecular flexibility index (Phi) is 3.50. The number of imidazole rings is 1. The molecule has 0 spiro atoms. The minimum atomic E-state index is -0.586. The third kappa shape index (κ3) is 2.34. The number of ether oxygens (including phenoxy) is 1. The Balaban J connectivity index is 1.54. The Bertz CT molecular complexity index is 866. The Hall–Kier alpha value is -2.46. The third-order valence-electron chi connectivity index (χ3n) is 4.47. The van der Waals surface area contributed by atoms with Crippen molar-refractivity contribution in [3.63, 3.8) is 0 Å². The summed E-state index contributed by atoms with van der Waals surface area (Å²) in [5.41, 5.74) is 3.78. The molecule has 7 heteroatoms. The molecule has 0 bridgehead atoms. The third-order valence-corrected chi connectivity index (χ3v) is 5.43. The van der Waals surface area contributed by atoms with Crippen LogP contribution < -0.4 is 10.1 Å². The number of rotatable bonds is 2. The first-order chi connectivity index (χ1) is 11.6. The molecule has 4 rings (SSSR count). The number of hydrogen-bond donors (Lipinski definition) is 1. The fraction of sp³-hybridized carbons (Fsp3) is 0.353. The van der Waals surface area contributed by atoms with Gasteiger partial charge < -0.3 is 14.6 Å². The fourth-order valence-electron chi connectivity index (χ4n) is 3.04. The van der Waals surface area contributed by atoms with Crippen LogP contribution >= 0.6 is 11.8 Å². The van der Waals surface area contributed by atoms with Gasteiger partial charge in [-0.2, -0.15) is 5.26 Å². The number of thioether (sulfide) groups is 1. The summed E-state index contributed by atoms with van der Waals surface area (Å²) in [6.45, 7) is 4.82. The van der Waals surface area contributed by atoms with Crippen LogP contribution in [0.25, 0.3) is 0 Å². The first-order valence-electron chi connectivity index (χ1n) is 7.78. The molecule has 0 saturated heterocycles. The number of fused-ring (bicyclic) bond motifs is 2. The van der Waals surface area contributed by atoms with Crippen LogP contribution in [0.3, 0.4) is 0 Å². The van der Waals surface area contributed by atoms with E-state index in [-0.39, 0.29) is 5.91 Å². The van der Waals surface area contributed by atoms with Gasteiger partial charge in [-0.05, 0) is 36.6 Å². The van der Waals surface area contributed by atoms with Crippen molar-refractivity contribution in [2.45, 2.75) is 38.1 Å². The summed E-state index contributed by atoms with van der Waals surface area (Å²) in [4.78, 5) is 16.9. The van der Waals surface area contributed by atoms with Gasteiger partial charge in [0.2, 0.25) is 0 Å². The number of nitrogens with one attached hydrogen (secondary N) is 1. The zero-order chi connectivity index (χ0) is 16.8. The first kappa shape index (κ1) is 15.1. The topological polar surface area (TPSA) is 79.9 Å². The summed E-state index contributed by atoms with van der Waals surface area (Å²) >= 11 is 1.59. The predicted molar refractivity (Wildman–Crippen MR) is 90.3 cm³/mol. The second-order valence-electron chi connectivity index (χ2n) is 6.05. The highest BCUT2D eigenvalue weighted by Gasteiger charge is 2.31. The minimum Gasteiger partial charge on any atom is -0.480 e. The quantitative estimate of drug-likeness (QED) is 0.908. The normalized spacial score (nSPS) is 17.8. The number of aromatic nitrogens is 2. The maximum atomic E-state index is 12.5. The van der Waals surface area contributed by atoms with Crippen LogP contribution in [0.5, 0.6) is 5.75 Å². The van der Waals surface area contributed by atoms with Gasteiger partial charge in [-0.25, -0.2) is 4.98 Å². The highest BCUT2D eigenvalue weighted by Crippen LogP contribution is 2.33. The number of amides is 1. The maximum absolute atomic E-state index is 12.5. The van der Waals surface area contributed by atoms with Gasteiger partial charge in [-0.15, -0.1) is 0 Å². The number of nitrogens with zero attached hydrogens (tertiary/aromatic N) is 3. The molecule has 0 unspecified atom stereocenters. The second kappa shape index (κ2) is 5.56. The van der Waals surface area contributed by atoms with E-state index in [2.05, 4.69) is 22.4 Å². The van der Waals surface area contributed by atoms with E-state index in [9.17, 15) is 10.1 Å². The zero-order valence-corrected chi connectivity index (χ0v) is 14.2. The molecule has 1 atom stereocenters. The number of anilines is 1. The zero-order valence-electron chi connectivity index (χ0n) is 13.4. The van der Waals surface area contributed by atoms with Gasteiger partial charge in [0.1, 0.15) is 11.8 Å². The van der Waals surface area contributed by atoms with Crippen molar-refractivity contribution in [1.29, 1.82) is 5.26 Å². The Morgan fingerprint density at radius 3 is 3.04 bits per heavy atom. The molecule has 24 heavy (non-hydrogen) atoms. The molecular weight excluding hydrogens is 324 g/mol. The van der Waals surface area contributed by atoms with Gasteiger partial charge in [0.05, 0.1) is 0 Å². The molecule has 0 radical (unpaired) electrons. The summed E-state index contributed by atoms with van der Waals surface area (Å²) < 4.78 is 7.64. The molecule has 2 aliphatic rings.